The van der Waals surface area contributed by atoms with Gasteiger partial charge in [0.05, 0.1) is 6.61 Å². The molecule has 0 aliphatic rings. The lowest BCUT2D eigenvalue weighted by Gasteiger charge is -2.13. The lowest BCUT2D eigenvalue weighted by molar-refractivity contribution is -0.0765. The molecule has 0 unspecified atom stereocenters. The molecule has 0 amide bonds. The van der Waals surface area contributed by atoms with Crippen LogP contribution in [-0.2, 0) is 9.47 Å². The summed E-state index contributed by atoms with van der Waals surface area (Å²) in [4.78, 5) is 0. The van der Waals surface area contributed by atoms with Crippen LogP contribution >= 0.6 is 0 Å². The van der Waals surface area contributed by atoms with Gasteiger partial charge in [0, 0.05) is 19.8 Å². The van der Waals surface area contributed by atoms with E-state index in [0.29, 0.717) is 0 Å². The summed E-state index contributed by atoms with van der Waals surface area (Å²) < 4.78 is 22.1. The van der Waals surface area contributed by atoms with Gasteiger partial charge in [0.1, 0.15) is 5.83 Å². The Morgan fingerprint density at radius 3 is 2.18 bits per heavy atom. The predicted octanol–water partition coefficient (Wildman–Crippen LogP) is 0.841. The highest BCUT2D eigenvalue weighted by Gasteiger charge is 2.12. The van der Waals surface area contributed by atoms with Gasteiger partial charge in [-0.2, -0.15) is 0 Å². The molecule has 0 aromatic carbocycles. The Morgan fingerprint density at radius 2 is 1.91 bits per heavy atom. The largest absolute Gasteiger partial charge is 0.389 e. The van der Waals surface area contributed by atoms with Crippen LogP contribution in [0.1, 0.15) is 6.92 Å². The maximum atomic E-state index is 12.6. The van der Waals surface area contributed by atoms with Gasteiger partial charge in [-0.05, 0) is 6.92 Å². The summed E-state index contributed by atoms with van der Waals surface area (Å²) in [5.41, 5.74) is 0.262. The maximum absolute atomic E-state index is 12.6. The van der Waals surface area contributed by atoms with Gasteiger partial charge in [-0.3, -0.25) is 0 Å². The van der Waals surface area contributed by atoms with Crippen molar-refractivity contribution in [3.05, 3.63) is 11.4 Å². The molecule has 0 aliphatic carbocycles. The Balaban J connectivity index is 4.28. The first-order valence-electron chi connectivity index (χ1n) is 3.19. The molecule has 0 fully saturated rings. The van der Waals surface area contributed by atoms with Crippen LogP contribution in [0.5, 0.6) is 0 Å². The summed E-state index contributed by atoms with van der Waals surface area (Å²) in [6.07, 6.45) is -0.706. The third-order valence-corrected chi connectivity index (χ3v) is 1.35. The van der Waals surface area contributed by atoms with Gasteiger partial charge in [0.15, 0.2) is 6.29 Å². The number of hydrogen-bond donors (Lipinski definition) is 1. The van der Waals surface area contributed by atoms with E-state index in [9.17, 15) is 4.39 Å². The van der Waals surface area contributed by atoms with Crippen molar-refractivity contribution in [2.24, 2.45) is 0 Å². The standard InChI is InChI=1S/C7H13FO3/c1-5(6(8)4-9)7(10-2)11-3/h7,9H,4H2,1-3H3/b6-5-. The summed E-state index contributed by atoms with van der Waals surface area (Å²) in [6, 6.07) is 0. The fraction of sp³-hybridized carbons (Fsp3) is 0.714. The van der Waals surface area contributed by atoms with Gasteiger partial charge in [0.25, 0.3) is 0 Å². The maximum Gasteiger partial charge on any atom is 0.181 e. The molecule has 66 valence electrons. The van der Waals surface area contributed by atoms with Crippen molar-refractivity contribution in [1.82, 2.24) is 0 Å². The molecule has 0 aromatic heterocycles. The molecule has 1 N–H and O–H groups in total. The van der Waals surface area contributed by atoms with E-state index >= 15 is 0 Å². The Bertz CT molecular complexity index is 141. The first-order chi connectivity index (χ1) is 5.17. The van der Waals surface area contributed by atoms with Crippen molar-refractivity contribution in [3.63, 3.8) is 0 Å². The zero-order valence-electron chi connectivity index (χ0n) is 6.93. The quantitative estimate of drug-likeness (QED) is 0.626. The van der Waals surface area contributed by atoms with Gasteiger partial charge in [-0.25, -0.2) is 4.39 Å². The van der Waals surface area contributed by atoms with Crippen LogP contribution in [0, 0.1) is 0 Å². The molecule has 0 aromatic rings. The van der Waals surface area contributed by atoms with E-state index in [0.717, 1.165) is 0 Å². The number of hydrogen-bond acceptors (Lipinski definition) is 3. The third-order valence-electron chi connectivity index (χ3n) is 1.35. The number of aliphatic hydroxyl groups is 1. The minimum absolute atomic E-state index is 0.262. The normalized spacial score (nSPS) is 13.6. The molecule has 0 radical (unpaired) electrons. The van der Waals surface area contributed by atoms with E-state index in [1.54, 1.807) is 0 Å². The van der Waals surface area contributed by atoms with E-state index in [4.69, 9.17) is 14.6 Å². The number of rotatable bonds is 4. The monoisotopic (exact) mass is 164 g/mol. The Labute approximate surface area is 65.4 Å². The summed E-state index contributed by atoms with van der Waals surface area (Å²) in [7, 11) is 2.81. The predicted molar refractivity (Wildman–Crippen MR) is 38.7 cm³/mol. The van der Waals surface area contributed by atoms with Gasteiger partial charge in [-0.15, -0.1) is 0 Å². The molecule has 3 nitrogen and oxygen atoms in total. The number of ether oxygens (including phenoxy) is 2. The zero-order valence-corrected chi connectivity index (χ0v) is 6.93. The molecule has 0 saturated carbocycles. The molecule has 0 aliphatic heterocycles. The van der Waals surface area contributed by atoms with Gasteiger partial charge >= 0.3 is 0 Å². The summed E-state index contributed by atoms with van der Waals surface area (Å²) in [6.45, 7) is 0.887. The van der Waals surface area contributed by atoms with Crippen LogP contribution in [0.2, 0.25) is 0 Å². The highest BCUT2D eigenvalue weighted by atomic mass is 19.1. The van der Waals surface area contributed by atoms with Crippen molar-refractivity contribution >= 4 is 0 Å². The highest BCUT2D eigenvalue weighted by Crippen LogP contribution is 2.12. The lowest BCUT2D eigenvalue weighted by Crippen LogP contribution is -2.16. The second-order valence-corrected chi connectivity index (χ2v) is 2.05. The molecule has 11 heavy (non-hydrogen) atoms. The van der Waals surface area contributed by atoms with Crippen molar-refractivity contribution in [2.75, 3.05) is 20.8 Å². The Morgan fingerprint density at radius 1 is 1.45 bits per heavy atom. The second kappa shape index (κ2) is 5.23. The Hall–Kier alpha value is -0.450. The average Bonchev–Trinajstić information content (AvgIpc) is 2.05. The van der Waals surface area contributed by atoms with Crippen LogP contribution in [0.15, 0.2) is 11.4 Å². The third kappa shape index (κ3) is 2.96. The van der Waals surface area contributed by atoms with Gasteiger partial charge in [0.2, 0.25) is 0 Å². The van der Waals surface area contributed by atoms with E-state index in [2.05, 4.69) is 0 Å². The van der Waals surface area contributed by atoms with Crippen LogP contribution in [0.4, 0.5) is 4.39 Å². The molecule has 0 rings (SSSR count). The molecular formula is C7H13FO3. The Kier molecular flexibility index (Phi) is 5.02. The summed E-state index contributed by atoms with van der Waals surface area (Å²) >= 11 is 0. The molecule has 4 heteroatoms. The van der Waals surface area contributed by atoms with E-state index in [1.165, 1.54) is 21.1 Å². The molecule has 0 saturated heterocycles. The SMILES string of the molecule is COC(OC)/C(C)=C(\F)CO. The first kappa shape index (κ1) is 10.6. The van der Waals surface area contributed by atoms with E-state index < -0.39 is 18.7 Å². The van der Waals surface area contributed by atoms with Gasteiger partial charge in [-0.1, -0.05) is 0 Å². The minimum Gasteiger partial charge on any atom is -0.389 e. The van der Waals surface area contributed by atoms with Crippen molar-refractivity contribution in [3.8, 4) is 0 Å². The van der Waals surface area contributed by atoms with Crippen LogP contribution < -0.4 is 0 Å². The highest BCUT2D eigenvalue weighted by molar-refractivity contribution is 5.07. The summed E-state index contributed by atoms with van der Waals surface area (Å²) in [5, 5.41) is 8.40. The zero-order chi connectivity index (χ0) is 8.85. The molecule has 0 spiro atoms. The number of methoxy groups -OCH3 is 2. The van der Waals surface area contributed by atoms with Crippen LogP contribution in [0.25, 0.3) is 0 Å². The van der Waals surface area contributed by atoms with Crippen LogP contribution in [0.3, 0.4) is 0 Å². The van der Waals surface area contributed by atoms with Crippen LogP contribution in [-0.4, -0.2) is 32.2 Å². The first-order valence-corrected chi connectivity index (χ1v) is 3.19. The smallest absolute Gasteiger partial charge is 0.181 e. The second-order valence-electron chi connectivity index (χ2n) is 2.05. The molecule has 0 heterocycles. The fourth-order valence-electron chi connectivity index (χ4n) is 0.702. The topological polar surface area (TPSA) is 38.7 Å². The molecule has 0 bridgehead atoms. The summed E-state index contributed by atoms with van der Waals surface area (Å²) in [5.74, 6) is -0.612. The number of aliphatic hydroxyl groups excluding tert-OH is 1. The lowest BCUT2D eigenvalue weighted by atomic mass is 10.2. The molecule has 0 atom stereocenters. The van der Waals surface area contributed by atoms with Crippen molar-refractivity contribution < 1.29 is 19.0 Å². The van der Waals surface area contributed by atoms with E-state index in [-0.39, 0.29) is 5.57 Å². The van der Waals surface area contributed by atoms with Gasteiger partial charge < -0.3 is 14.6 Å². The van der Waals surface area contributed by atoms with Crippen molar-refractivity contribution in [1.29, 1.82) is 0 Å². The molecular weight excluding hydrogens is 151 g/mol. The minimum atomic E-state index is -0.706. The van der Waals surface area contributed by atoms with Crippen molar-refractivity contribution in [2.45, 2.75) is 13.2 Å². The van der Waals surface area contributed by atoms with E-state index in [1.807, 2.05) is 0 Å². The number of halogens is 1. The fourth-order valence-corrected chi connectivity index (χ4v) is 0.702. The average molecular weight is 164 g/mol.